The van der Waals surface area contributed by atoms with Crippen molar-refractivity contribution in [2.24, 2.45) is 0 Å². The first-order chi connectivity index (χ1) is 13.9. The summed E-state index contributed by atoms with van der Waals surface area (Å²) in [6.07, 6.45) is 1.75. The number of nitrogens with zero attached hydrogens (tertiary/aromatic N) is 2. The van der Waals surface area contributed by atoms with Crippen LogP contribution in [0.15, 0.2) is 85.1 Å². The molecule has 0 amide bonds. The van der Waals surface area contributed by atoms with E-state index in [4.69, 9.17) is 4.74 Å². The predicted octanol–water partition coefficient (Wildman–Crippen LogP) is 4.73. The van der Waals surface area contributed by atoms with Gasteiger partial charge in [-0.3, -0.25) is 0 Å². The van der Waals surface area contributed by atoms with Crippen LogP contribution >= 0.6 is 0 Å². The molecule has 0 aliphatic heterocycles. The van der Waals surface area contributed by atoms with Gasteiger partial charge in [-0.1, -0.05) is 60.7 Å². The number of ether oxygens (including phenoxy) is 1. The number of anilines is 2. The number of benzene rings is 3. The molecule has 4 rings (SSSR count). The maximum Gasteiger partial charge on any atom is 0.224 e. The minimum atomic E-state index is 0.543. The molecule has 3 aromatic carbocycles. The van der Waals surface area contributed by atoms with Gasteiger partial charge in [0, 0.05) is 12.7 Å². The summed E-state index contributed by atoms with van der Waals surface area (Å²) in [5, 5.41) is 9.08. The van der Waals surface area contributed by atoms with Gasteiger partial charge < -0.3 is 15.4 Å². The van der Waals surface area contributed by atoms with E-state index >= 15 is 0 Å². The van der Waals surface area contributed by atoms with E-state index in [0.717, 1.165) is 11.6 Å². The van der Waals surface area contributed by atoms with Crippen LogP contribution in [0.5, 0.6) is 5.75 Å². The number of aromatic nitrogens is 2. The van der Waals surface area contributed by atoms with E-state index in [0.29, 0.717) is 25.6 Å². The molecule has 0 saturated heterocycles. The smallest absolute Gasteiger partial charge is 0.224 e. The summed E-state index contributed by atoms with van der Waals surface area (Å²) in [5.41, 5.74) is 1.24. The highest BCUT2D eigenvalue weighted by molar-refractivity contribution is 5.85. The van der Waals surface area contributed by atoms with Gasteiger partial charge in [0.25, 0.3) is 0 Å². The van der Waals surface area contributed by atoms with Crippen LogP contribution < -0.4 is 15.4 Å². The van der Waals surface area contributed by atoms with Gasteiger partial charge in [-0.25, -0.2) is 4.98 Å². The molecule has 0 atom stereocenters. The van der Waals surface area contributed by atoms with Crippen molar-refractivity contribution in [3.05, 3.63) is 90.6 Å². The Morgan fingerprint density at radius 1 is 0.786 bits per heavy atom. The fourth-order valence-corrected chi connectivity index (χ4v) is 3.02. The Morgan fingerprint density at radius 2 is 1.61 bits per heavy atom. The Balaban J connectivity index is 1.32. The Bertz CT molecular complexity index is 1030. The molecule has 1 aromatic heterocycles. The van der Waals surface area contributed by atoms with Crippen LogP contribution in [0.25, 0.3) is 10.8 Å². The first kappa shape index (κ1) is 17.8. The highest BCUT2D eigenvalue weighted by Gasteiger charge is 2.02. The summed E-state index contributed by atoms with van der Waals surface area (Å²) in [7, 11) is 0. The lowest BCUT2D eigenvalue weighted by atomic mass is 10.0. The molecule has 0 aliphatic carbocycles. The summed E-state index contributed by atoms with van der Waals surface area (Å²) in [4.78, 5) is 8.79. The second-order valence-electron chi connectivity index (χ2n) is 6.35. The number of para-hydroxylation sites is 1. The molecular formula is C23H22N4O. The van der Waals surface area contributed by atoms with Crippen molar-refractivity contribution in [1.82, 2.24) is 9.97 Å². The summed E-state index contributed by atoms with van der Waals surface area (Å²) < 4.78 is 5.67. The van der Waals surface area contributed by atoms with Crippen molar-refractivity contribution in [2.45, 2.75) is 6.54 Å². The quantitative estimate of drug-likeness (QED) is 0.439. The number of hydrogen-bond acceptors (Lipinski definition) is 5. The molecule has 0 saturated carbocycles. The SMILES string of the molecule is c1ccc(OCCNc2nccc(NCc3cccc4ccccc34)n2)cc1. The van der Waals surface area contributed by atoms with Crippen LogP contribution in [-0.4, -0.2) is 23.1 Å². The van der Waals surface area contributed by atoms with Gasteiger partial charge in [-0.05, 0) is 34.5 Å². The van der Waals surface area contributed by atoms with E-state index in [9.17, 15) is 0 Å². The number of nitrogens with one attached hydrogen (secondary N) is 2. The van der Waals surface area contributed by atoms with Crippen LogP contribution in [0.2, 0.25) is 0 Å². The van der Waals surface area contributed by atoms with Crippen LogP contribution in [0.4, 0.5) is 11.8 Å². The van der Waals surface area contributed by atoms with Gasteiger partial charge in [0.15, 0.2) is 0 Å². The van der Waals surface area contributed by atoms with Crippen molar-refractivity contribution >= 4 is 22.5 Å². The number of rotatable bonds is 8. The normalized spacial score (nSPS) is 10.6. The average molecular weight is 370 g/mol. The predicted molar refractivity (Wildman–Crippen MR) is 114 cm³/mol. The summed E-state index contributed by atoms with van der Waals surface area (Å²) in [6.45, 7) is 1.87. The molecule has 2 N–H and O–H groups in total. The standard InChI is InChI=1S/C23H22N4O/c1-2-10-20(11-3-1)28-16-15-25-23-24-14-13-22(27-23)26-17-19-9-6-8-18-7-4-5-12-21(18)19/h1-14H,15-17H2,(H2,24,25,26,27). The summed E-state index contributed by atoms with van der Waals surface area (Å²) in [6, 6.07) is 26.4. The van der Waals surface area contributed by atoms with Crippen LogP contribution in [0.3, 0.4) is 0 Å². The second-order valence-corrected chi connectivity index (χ2v) is 6.35. The van der Waals surface area contributed by atoms with Gasteiger partial charge in [0.1, 0.15) is 18.2 Å². The Hall–Kier alpha value is -3.60. The first-order valence-electron chi connectivity index (χ1n) is 9.34. The molecule has 1 heterocycles. The topological polar surface area (TPSA) is 59.1 Å². The minimum Gasteiger partial charge on any atom is -0.492 e. The zero-order valence-electron chi connectivity index (χ0n) is 15.5. The fraction of sp³-hybridized carbons (Fsp3) is 0.130. The molecule has 5 heteroatoms. The average Bonchev–Trinajstić information content (AvgIpc) is 2.76. The molecule has 0 aliphatic rings. The number of hydrogen-bond donors (Lipinski definition) is 2. The van der Waals surface area contributed by atoms with E-state index in [2.05, 4.69) is 63.1 Å². The molecule has 28 heavy (non-hydrogen) atoms. The van der Waals surface area contributed by atoms with Crippen molar-refractivity contribution < 1.29 is 4.74 Å². The molecule has 5 nitrogen and oxygen atoms in total. The van der Waals surface area contributed by atoms with Crippen molar-refractivity contribution in [3.63, 3.8) is 0 Å². The molecule has 140 valence electrons. The van der Waals surface area contributed by atoms with E-state index in [1.165, 1.54) is 16.3 Å². The van der Waals surface area contributed by atoms with Crippen molar-refractivity contribution in [3.8, 4) is 5.75 Å². The van der Waals surface area contributed by atoms with Gasteiger partial charge in [0.05, 0.1) is 6.54 Å². The van der Waals surface area contributed by atoms with Crippen molar-refractivity contribution in [2.75, 3.05) is 23.8 Å². The zero-order chi connectivity index (χ0) is 19.0. The Kier molecular flexibility index (Phi) is 5.63. The first-order valence-corrected chi connectivity index (χ1v) is 9.34. The van der Waals surface area contributed by atoms with Crippen LogP contribution in [0.1, 0.15) is 5.56 Å². The molecule has 0 radical (unpaired) electrons. The fourth-order valence-electron chi connectivity index (χ4n) is 3.02. The largest absolute Gasteiger partial charge is 0.492 e. The molecule has 4 aromatic rings. The van der Waals surface area contributed by atoms with Crippen LogP contribution in [0, 0.1) is 0 Å². The highest BCUT2D eigenvalue weighted by Crippen LogP contribution is 2.19. The third-order valence-electron chi connectivity index (χ3n) is 4.39. The highest BCUT2D eigenvalue weighted by atomic mass is 16.5. The second kappa shape index (κ2) is 8.86. The lowest BCUT2D eigenvalue weighted by Gasteiger charge is -2.11. The molecule has 0 unspecified atom stereocenters. The Labute approximate surface area is 164 Å². The van der Waals surface area contributed by atoms with E-state index in [1.54, 1.807) is 6.20 Å². The van der Waals surface area contributed by atoms with Gasteiger partial charge >= 0.3 is 0 Å². The van der Waals surface area contributed by atoms with Gasteiger partial charge in [-0.15, -0.1) is 0 Å². The number of fused-ring (bicyclic) bond motifs is 1. The van der Waals surface area contributed by atoms with Crippen molar-refractivity contribution in [1.29, 1.82) is 0 Å². The zero-order valence-corrected chi connectivity index (χ0v) is 15.5. The van der Waals surface area contributed by atoms with E-state index in [-0.39, 0.29) is 0 Å². The third-order valence-corrected chi connectivity index (χ3v) is 4.39. The van der Waals surface area contributed by atoms with E-state index < -0.39 is 0 Å². The molecule has 0 spiro atoms. The summed E-state index contributed by atoms with van der Waals surface area (Å²) in [5.74, 6) is 2.23. The lowest BCUT2D eigenvalue weighted by Crippen LogP contribution is -2.14. The maximum absolute atomic E-state index is 5.67. The maximum atomic E-state index is 5.67. The molecular weight excluding hydrogens is 348 g/mol. The monoisotopic (exact) mass is 370 g/mol. The third kappa shape index (κ3) is 4.57. The minimum absolute atomic E-state index is 0.543. The summed E-state index contributed by atoms with van der Waals surface area (Å²) >= 11 is 0. The Morgan fingerprint density at radius 3 is 2.54 bits per heavy atom. The van der Waals surface area contributed by atoms with Crippen LogP contribution in [-0.2, 0) is 6.54 Å². The van der Waals surface area contributed by atoms with Gasteiger partial charge in [-0.2, -0.15) is 4.98 Å². The molecule has 0 fully saturated rings. The van der Waals surface area contributed by atoms with Gasteiger partial charge in [0.2, 0.25) is 5.95 Å². The molecule has 0 bridgehead atoms. The van der Waals surface area contributed by atoms with E-state index in [1.807, 2.05) is 36.4 Å². The lowest BCUT2D eigenvalue weighted by molar-refractivity contribution is 0.332.